The summed E-state index contributed by atoms with van der Waals surface area (Å²) in [6.45, 7) is 2.02. The maximum atomic E-state index is 12.6. The van der Waals surface area contributed by atoms with Crippen LogP contribution in [-0.4, -0.2) is 23.3 Å². The van der Waals surface area contributed by atoms with Crippen LogP contribution in [0.1, 0.15) is 51.9 Å². The van der Waals surface area contributed by atoms with E-state index in [1.165, 1.54) is 0 Å². The highest BCUT2D eigenvalue weighted by Crippen LogP contribution is 2.39. The monoisotopic (exact) mass is 262 g/mol. The zero-order valence-corrected chi connectivity index (χ0v) is 9.86. The Bertz CT molecular complexity index is 203. The molecule has 0 rings (SSSR count). The summed E-state index contributed by atoms with van der Waals surface area (Å²) in [7, 11) is 0. The van der Waals surface area contributed by atoms with Crippen molar-refractivity contribution in [2.24, 2.45) is 0 Å². The van der Waals surface area contributed by atoms with Crippen molar-refractivity contribution in [2.75, 3.05) is 0 Å². The van der Waals surface area contributed by atoms with E-state index in [1.807, 2.05) is 6.92 Å². The first-order chi connectivity index (χ1) is 7.73. The van der Waals surface area contributed by atoms with Gasteiger partial charge >= 0.3 is 12.1 Å². The molecule has 1 atom stereocenters. The average Bonchev–Trinajstić information content (AvgIpc) is 2.21. The smallest absolute Gasteiger partial charge is 0.386 e. The molecule has 0 saturated heterocycles. The van der Waals surface area contributed by atoms with Crippen LogP contribution in [0.4, 0.5) is 22.0 Å². The Hall–Kier alpha value is -0.390. The van der Waals surface area contributed by atoms with E-state index in [-0.39, 0.29) is 6.42 Å². The first-order valence-corrected chi connectivity index (χ1v) is 5.86. The minimum atomic E-state index is -5.67. The lowest BCUT2D eigenvalue weighted by molar-refractivity contribution is -0.313. The van der Waals surface area contributed by atoms with E-state index in [9.17, 15) is 22.0 Å². The number of aliphatic hydroxyl groups excluding tert-OH is 1. The Balaban J connectivity index is 3.82. The van der Waals surface area contributed by atoms with Gasteiger partial charge < -0.3 is 5.11 Å². The molecule has 0 amide bonds. The van der Waals surface area contributed by atoms with Crippen molar-refractivity contribution >= 4 is 0 Å². The zero-order valence-electron chi connectivity index (χ0n) is 9.86. The van der Waals surface area contributed by atoms with Crippen LogP contribution in [0.3, 0.4) is 0 Å². The van der Waals surface area contributed by atoms with Crippen LogP contribution in [0.15, 0.2) is 0 Å². The summed E-state index contributed by atoms with van der Waals surface area (Å²) in [5, 5.41) is 8.85. The summed E-state index contributed by atoms with van der Waals surface area (Å²) in [5.41, 5.74) is 0. The molecule has 0 saturated carbocycles. The summed E-state index contributed by atoms with van der Waals surface area (Å²) in [6.07, 6.45) is -4.24. The Labute approximate surface area is 98.0 Å². The molecule has 0 aromatic rings. The summed E-state index contributed by atoms with van der Waals surface area (Å²) >= 11 is 0. The lowest BCUT2D eigenvalue weighted by Gasteiger charge is -2.24. The number of halogens is 5. The number of rotatable bonds is 8. The van der Waals surface area contributed by atoms with Gasteiger partial charge in [-0.2, -0.15) is 22.0 Å². The average molecular weight is 262 g/mol. The molecule has 0 heterocycles. The largest absolute Gasteiger partial charge is 0.456 e. The van der Waals surface area contributed by atoms with Crippen LogP contribution in [0.25, 0.3) is 0 Å². The minimum Gasteiger partial charge on any atom is -0.386 e. The molecule has 1 N–H and O–H groups in total. The molecule has 0 radical (unpaired) electrons. The fourth-order valence-corrected chi connectivity index (χ4v) is 1.49. The number of hydrogen-bond donors (Lipinski definition) is 1. The number of unbranched alkanes of at least 4 members (excludes halogenated alkanes) is 5. The van der Waals surface area contributed by atoms with E-state index >= 15 is 0 Å². The maximum Gasteiger partial charge on any atom is 0.456 e. The second kappa shape index (κ2) is 7.13. The van der Waals surface area contributed by atoms with Crippen LogP contribution in [0.5, 0.6) is 0 Å². The Morgan fingerprint density at radius 2 is 1.35 bits per heavy atom. The molecule has 0 aromatic heterocycles. The molecule has 0 fully saturated rings. The molecule has 1 unspecified atom stereocenters. The normalized spacial score (nSPS) is 15.0. The fraction of sp³-hybridized carbons (Fsp3) is 1.00. The van der Waals surface area contributed by atoms with Crippen LogP contribution < -0.4 is 0 Å². The molecule has 17 heavy (non-hydrogen) atoms. The zero-order chi connectivity index (χ0) is 13.5. The highest BCUT2D eigenvalue weighted by atomic mass is 19.4. The summed E-state index contributed by atoms with van der Waals surface area (Å²) in [4.78, 5) is 0. The molecule has 0 aliphatic rings. The summed E-state index contributed by atoms with van der Waals surface area (Å²) in [6, 6.07) is 0. The second-order valence-corrected chi connectivity index (χ2v) is 4.19. The lowest BCUT2D eigenvalue weighted by atomic mass is 10.0. The minimum absolute atomic E-state index is 0.191. The van der Waals surface area contributed by atoms with Crippen molar-refractivity contribution < 1.29 is 27.1 Å². The molecule has 1 nitrogen and oxygen atoms in total. The molecule has 0 aliphatic carbocycles. The second-order valence-electron chi connectivity index (χ2n) is 4.19. The molecule has 6 heteroatoms. The number of aliphatic hydroxyl groups is 1. The van der Waals surface area contributed by atoms with Crippen LogP contribution in [0, 0.1) is 0 Å². The van der Waals surface area contributed by atoms with E-state index < -0.39 is 24.6 Å². The fourth-order valence-electron chi connectivity index (χ4n) is 1.49. The van der Waals surface area contributed by atoms with Gasteiger partial charge in [0.15, 0.2) is 0 Å². The van der Waals surface area contributed by atoms with Crippen molar-refractivity contribution in [3.05, 3.63) is 0 Å². The van der Waals surface area contributed by atoms with Crippen molar-refractivity contribution in [1.82, 2.24) is 0 Å². The first-order valence-electron chi connectivity index (χ1n) is 5.86. The topological polar surface area (TPSA) is 20.2 Å². The molecular formula is C11H19F5O. The van der Waals surface area contributed by atoms with Gasteiger partial charge in [0.05, 0.1) is 0 Å². The van der Waals surface area contributed by atoms with Gasteiger partial charge in [-0.25, -0.2) is 0 Å². The van der Waals surface area contributed by atoms with Gasteiger partial charge in [0.1, 0.15) is 6.10 Å². The highest BCUT2D eigenvalue weighted by molar-refractivity contribution is 4.83. The lowest BCUT2D eigenvalue weighted by Crippen LogP contribution is -2.46. The molecule has 0 bridgehead atoms. The third-order valence-electron chi connectivity index (χ3n) is 2.63. The molecule has 0 spiro atoms. The predicted molar refractivity (Wildman–Crippen MR) is 55.0 cm³/mol. The molecule has 0 aliphatic heterocycles. The SMILES string of the molecule is CCCCCCCCC(O)C(F)(F)C(F)(F)F. The van der Waals surface area contributed by atoms with Gasteiger partial charge in [-0.3, -0.25) is 0 Å². The van der Waals surface area contributed by atoms with Crippen LogP contribution in [-0.2, 0) is 0 Å². The van der Waals surface area contributed by atoms with Gasteiger partial charge in [0, 0.05) is 0 Å². The third-order valence-corrected chi connectivity index (χ3v) is 2.63. The van der Waals surface area contributed by atoms with E-state index in [2.05, 4.69) is 0 Å². The van der Waals surface area contributed by atoms with E-state index in [4.69, 9.17) is 5.11 Å². The first kappa shape index (κ1) is 16.6. The number of hydrogen-bond acceptors (Lipinski definition) is 1. The van der Waals surface area contributed by atoms with Crippen molar-refractivity contribution in [3.63, 3.8) is 0 Å². The van der Waals surface area contributed by atoms with Crippen molar-refractivity contribution in [2.45, 2.75) is 70.1 Å². The van der Waals surface area contributed by atoms with Gasteiger partial charge in [0.25, 0.3) is 0 Å². The Morgan fingerprint density at radius 3 is 1.82 bits per heavy atom. The van der Waals surface area contributed by atoms with Crippen LogP contribution >= 0.6 is 0 Å². The van der Waals surface area contributed by atoms with Crippen molar-refractivity contribution in [1.29, 1.82) is 0 Å². The van der Waals surface area contributed by atoms with E-state index in [0.29, 0.717) is 6.42 Å². The van der Waals surface area contributed by atoms with Crippen LogP contribution in [0.2, 0.25) is 0 Å². The molecular weight excluding hydrogens is 243 g/mol. The Morgan fingerprint density at radius 1 is 0.882 bits per heavy atom. The Kier molecular flexibility index (Phi) is 6.97. The third kappa shape index (κ3) is 5.66. The van der Waals surface area contributed by atoms with Gasteiger partial charge in [0.2, 0.25) is 0 Å². The highest BCUT2D eigenvalue weighted by Gasteiger charge is 2.61. The van der Waals surface area contributed by atoms with Gasteiger partial charge in [-0.05, 0) is 6.42 Å². The van der Waals surface area contributed by atoms with Gasteiger partial charge in [-0.15, -0.1) is 0 Å². The molecule has 0 aromatic carbocycles. The summed E-state index contributed by atoms with van der Waals surface area (Å²) in [5.74, 6) is -5.00. The maximum absolute atomic E-state index is 12.6. The summed E-state index contributed by atoms with van der Waals surface area (Å²) < 4.78 is 60.7. The van der Waals surface area contributed by atoms with E-state index in [0.717, 1.165) is 25.7 Å². The number of alkyl halides is 5. The molecule has 104 valence electrons. The van der Waals surface area contributed by atoms with E-state index in [1.54, 1.807) is 0 Å². The predicted octanol–water partition coefficient (Wildman–Crippen LogP) is 4.30. The van der Waals surface area contributed by atoms with Gasteiger partial charge in [-0.1, -0.05) is 45.4 Å². The quantitative estimate of drug-likeness (QED) is 0.511. The standard InChI is InChI=1S/C11H19F5O/c1-2-3-4-5-6-7-8-9(17)10(12,13)11(14,15)16/h9,17H,2-8H2,1H3. The van der Waals surface area contributed by atoms with Crippen molar-refractivity contribution in [3.8, 4) is 0 Å².